The SMILES string of the molecule is COC1NCC2CCC1(c1ncnc3ccccc13)N2C(=O)O. The van der Waals surface area contributed by atoms with Gasteiger partial charge in [-0.15, -0.1) is 0 Å². The van der Waals surface area contributed by atoms with E-state index in [0.29, 0.717) is 18.7 Å². The van der Waals surface area contributed by atoms with Crippen LogP contribution in [0.5, 0.6) is 0 Å². The lowest BCUT2D eigenvalue weighted by Gasteiger charge is -2.47. The fourth-order valence-corrected chi connectivity index (χ4v) is 4.14. The van der Waals surface area contributed by atoms with Gasteiger partial charge in [0.25, 0.3) is 0 Å². The molecule has 2 aromatic rings. The number of nitrogens with zero attached hydrogens (tertiary/aromatic N) is 3. The molecule has 0 saturated carbocycles. The smallest absolute Gasteiger partial charge is 0.408 e. The number of nitrogens with one attached hydrogen (secondary N) is 1. The number of hydrogen-bond acceptors (Lipinski definition) is 5. The predicted octanol–water partition coefficient (Wildman–Crippen LogP) is 1.54. The molecule has 2 fully saturated rings. The Kier molecular flexibility index (Phi) is 3.21. The van der Waals surface area contributed by atoms with E-state index in [4.69, 9.17) is 4.74 Å². The molecular formula is C16H18N4O3. The summed E-state index contributed by atoms with van der Waals surface area (Å²) in [4.78, 5) is 22.3. The molecule has 0 spiro atoms. The number of amides is 1. The number of carbonyl (C=O) groups is 1. The first-order valence-electron chi connectivity index (χ1n) is 7.67. The Labute approximate surface area is 133 Å². The van der Waals surface area contributed by atoms with Crippen molar-refractivity contribution in [2.75, 3.05) is 13.7 Å². The summed E-state index contributed by atoms with van der Waals surface area (Å²) in [6.45, 7) is 0.593. The number of fused-ring (bicyclic) bond motifs is 3. The molecule has 1 amide bonds. The van der Waals surface area contributed by atoms with E-state index >= 15 is 0 Å². The minimum atomic E-state index is -0.932. The Hall–Kier alpha value is -2.25. The quantitative estimate of drug-likeness (QED) is 0.874. The summed E-state index contributed by atoms with van der Waals surface area (Å²) >= 11 is 0. The molecule has 0 aliphatic carbocycles. The minimum absolute atomic E-state index is 0.0624. The predicted molar refractivity (Wildman–Crippen MR) is 82.9 cm³/mol. The van der Waals surface area contributed by atoms with E-state index in [0.717, 1.165) is 17.3 Å². The van der Waals surface area contributed by atoms with E-state index in [1.807, 2.05) is 24.3 Å². The molecule has 2 aliphatic rings. The average Bonchev–Trinajstić information content (AvgIpc) is 2.86. The van der Waals surface area contributed by atoms with Crippen LogP contribution < -0.4 is 5.32 Å². The lowest BCUT2D eigenvalue weighted by molar-refractivity contribution is -0.0825. The highest BCUT2D eigenvalue weighted by atomic mass is 16.5. The summed E-state index contributed by atoms with van der Waals surface area (Å²) in [6.07, 6.45) is 1.60. The molecule has 2 N–H and O–H groups in total. The van der Waals surface area contributed by atoms with Gasteiger partial charge < -0.3 is 9.84 Å². The molecule has 7 heteroatoms. The van der Waals surface area contributed by atoms with Crippen molar-refractivity contribution in [1.29, 1.82) is 0 Å². The van der Waals surface area contributed by atoms with Gasteiger partial charge in [0, 0.05) is 25.1 Å². The van der Waals surface area contributed by atoms with Crippen LogP contribution in [0.4, 0.5) is 4.79 Å². The molecule has 1 aromatic heterocycles. The van der Waals surface area contributed by atoms with Crippen molar-refractivity contribution in [2.45, 2.75) is 30.7 Å². The normalized spacial score (nSPS) is 29.9. The second-order valence-electron chi connectivity index (χ2n) is 6.03. The molecule has 7 nitrogen and oxygen atoms in total. The second-order valence-corrected chi connectivity index (χ2v) is 6.03. The number of aromatic nitrogens is 2. The van der Waals surface area contributed by atoms with Gasteiger partial charge in [0.1, 0.15) is 18.1 Å². The third kappa shape index (κ3) is 1.87. The van der Waals surface area contributed by atoms with Crippen molar-refractivity contribution < 1.29 is 14.6 Å². The van der Waals surface area contributed by atoms with Gasteiger partial charge in [0.2, 0.25) is 0 Å². The van der Waals surface area contributed by atoms with Crippen LogP contribution in [0.2, 0.25) is 0 Å². The van der Waals surface area contributed by atoms with Gasteiger partial charge in [-0.25, -0.2) is 14.8 Å². The molecule has 23 heavy (non-hydrogen) atoms. The second kappa shape index (κ2) is 5.14. The van der Waals surface area contributed by atoms with Crippen molar-refractivity contribution in [3.63, 3.8) is 0 Å². The highest BCUT2D eigenvalue weighted by Gasteiger charge is 2.59. The van der Waals surface area contributed by atoms with Crippen LogP contribution in [-0.2, 0) is 10.3 Å². The highest BCUT2D eigenvalue weighted by molar-refractivity contribution is 5.82. The average molecular weight is 314 g/mol. The van der Waals surface area contributed by atoms with E-state index < -0.39 is 17.9 Å². The van der Waals surface area contributed by atoms with Crippen LogP contribution in [-0.4, -0.2) is 52.0 Å². The summed E-state index contributed by atoms with van der Waals surface area (Å²) in [7, 11) is 1.60. The molecule has 3 unspecified atom stereocenters. The number of ether oxygens (including phenoxy) is 1. The molecule has 120 valence electrons. The molecule has 3 atom stereocenters. The van der Waals surface area contributed by atoms with E-state index in [-0.39, 0.29) is 6.04 Å². The van der Waals surface area contributed by atoms with Gasteiger partial charge in [0.15, 0.2) is 0 Å². The standard InChI is InChI=1S/C16H18N4O3/c1-23-14-16(7-6-10(8-17-14)20(16)15(21)22)13-11-4-2-3-5-12(11)18-9-19-13/h2-5,9-10,14,17H,6-8H2,1H3,(H,21,22). The summed E-state index contributed by atoms with van der Waals surface area (Å²) < 4.78 is 5.63. The van der Waals surface area contributed by atoms with Crippen molar-refractivity contribution >= 4 is 17.0 Å². The minimum Gasteiger partial charge on any atom is -0.465 e. The van der Waals surface area contributed by atoms with Crippen LogP contribution in [0.15, 0.2) is 30.6 Å². The molecule has 2 aliphatic heterocycles. The van der Waals surface area contributed by atoms with E-state index in [2.05, 4.69) is 15.3 Å². The number of piperazine rings is 1. The Morgan fingerprint density at radius 3 is 3.04 bits per heavy atom. The largest absolute Gasteiger partial charge is 0.465 e. The summed E-state index contributed by atoms with van der Waals surface area (Å²) in [5, 5.41) is 14.0. The number of rotatable bonds is 2. The Bertz CT molecular complexity index is 763. The zero-order valence-corrected chi connectivity index (χ0v) is 12.8. The Balaban J connectivity index is 1.99. The van der Waals surface area contributed by atoms with E-state index in [9.17, 15) is 9.90 Å². The topological polar surface area (TPSA) is 87.6 Å². The molecular weight excluding hydrogens is 296 g/mol. The molecule has 1 aromatic carbocycles. The zero-order chi connectivity index (χ0) is 16.0. The number of hydrogen-bond donors (Lipinski definition) is 2. The van der Waals surface area contributed by atoms with Crippen molar-refractivity contribution in [3.8, 4) is 0 Å². The van der Waals surface area contributed by atoms with Crippen LogP contribution in [0.25, 0.3) is 10.9 Å². The van der Waals surface area contributed by atoms with Crippen molar-refractivity contribution in [3.05, 3.63) is 36.3 Å². The zero-order valence-electron chi connectivity index (χ0n) is 12.8. The molecule has 3 heterocycles. The Morgan fingerprint density at radius 2 is 2.26 bits per heavy atom. The van der Waals surface area contributed by atoms with E-state index in [1.54, 1.807) is 7.11 Å². The van der Waals surface area contributed by atoms with Gasteiger partial charge in [-0.2, -0.15) is 0 Å². The number of carboxylic acid groups (broad SMARTS) is 1. The van der Waals surface area contributed by atoms with Gasteiger partial charge in [0.05, 0.1) is 11.2 Å². The van der Waals surface area contributed by atoms with Gasteiger partial charge in [-0.1, -0.05) is 18.2 Å². The van der Waals surface area contributed by atoms with Crippen LogP contribution in [0.3, 0.4) is 0 Å². The number of benzene rings is 1. The maximum absolute atomic E-state index is 12.0. The first-order chi connectivity index (χ1) is 11.2. The number of methoxy groups -OCH3 is 1. The van der Waals surface area contributed by atoms with Crippen molar-refractivity contribution in [1.82, 2.24) is 20.2 Å². The summed E-state index contributed by atoms with van der Waals surface area (Å²) in [5.74, 6) is 0. The van der Waals surface area contributed by atoms with Gasteiger partial charge in [-0.05, 0) is 18.9 Å². The number of para-hydroxylation sites is 1. The fourth-order valence-electron chi connectivity index (χ4n) is 4.14. The first kappa shape index (κ1) is 14.3. The molecule has 4 rings (SSSR count). The summed E-state index contributed by atoms with van der Waals surface area (Å²) in [5.41, 5.74) is 0.694. The molecule has 2 saturated heterocycles. The molecule has 2 bridgehead atoms. The van der Waals surface area contributed by atoms with Gasteiger partial charge in [-0.3, -0.25) is 10.2 Å². The Morgan fingerprint density at radius 1 is 1.43 bits per heavy atom. The maximum atomic E-state index is 12.0. The summed E-state index contributed by atoms with van der Waals surface area (Å²) in [6, 6.07) is 7.62. The third-order valence-electron chi connectivity index (χ3n) is 5.02. The first-order valence-corrected chi connectivity index (χ1v) is 7.67. The third-order valence-corrected chi connectivity index (χ3v) is 5.02. The van der Waals surface area contributed by atoms with E-state index in [1.165, 1.54) is 11.2 Å². The van der Waals surface area contributed by atoms with Gasteiger partial charge >= 0.3 is 6.09 Å². The fraction of sp³-hybridized carbons (Fsp3) is 0.438. The lowest BCUT2D eigenvalue weighted by atomic mass is 9.86. The lowest BCUT2D eigenvalue weighted by Crippen LogP contribution is -2.66. The van der Waals surface area contributed by atoms with Crippen LogP contribution in [0.1, 0.15) is 18.5 Å². The van der Waals surface area contributed by atoms with Crippen molar-refractivity contribution in [2.24, 2.45) is 0 Å². The molecule has 0 radical (unpaired) electrons. The maximum Gasteiger partial charge on any atom is 0.408 e. The monoisotopic (exact) mass is 314 g/mol. The van der Waals surface area contributed by atoms with Crippen LogP contribution in [0, 0.1) is 0 Å². The van der Waals surface area contributed by atoms with Crippen LogP contribution >= 0.6 is 0 Å². The highest BCUT2D eigenvalue weighted by Crippen LogP contribution is 2.48.